The summed E-state index contributed by atoms with van der Waals surface area (Å²) >= 11 is 0. The molecule has 0 aliphatic carbocycles. The van der Waals surface area contributed by atoms with Gasteiger partial charge in [0.25, 0.3) is 5.91 Å². The fourth-order valence-corrected chi connectivity index (χ4v) is 2.19. The molecule has 0 bridgehead atoms. The van der Waals surface area contributed by atoms with E-state index in [0.717, 1.165) is 29.1 Å². The van der Waals surface area contributed by atoms with Crippen LogP contribution >= 0.6 is 0 Å². The zero-order chi connectivity index (χ0) is 14.8. The third-order valence-corrected chi connectivity index (χ3v) is 3.59. The molecule has 1 fully saturated rings. The number of carbonyl (C=O) groups is 2. The van der Waals surface area contributed by atoms with Crippen molar-refractivity contribution in [2.75, 3.05) is 13.7 Å². The fraction of sp³-hybridized carbons (Fsp3) is 0.467. The number of imide groups is 1. The van der Waals surface area contributed by atoms with Crippen molar-refractivity contribution in [2.45, 2.75) is 32.2 Å². The summed E-state index contributed by atoms with van der Waals surface area (Å²) in [7, 11) is 1.48. The highest BCUT2D eigenvalue weighted by atomic mass is 16.5. The number of urea groups is 1. The van der Waals surface area contributed by atoms with Crippen LogP contribution in [0.1, 0.15) is 32.3 Å². The van der Waals surface area contributed by atoms with Crippen LogP contribution in [-0.2, 0) is 10.3 Å². The van der Waals surface area contributed by atoms with Gasteiger partial charge in [-0.25, -0.2) is 4.79 Å². The number of rotatable bonds is 5. The van der Waals surface area contributed by atoms with Gasteiger partial charge in [-0.3, -0.25) is 9.69 Å². The third-order valence-electron chi connectivity index (χ3n) is 3.59. The van der Waals surface area contributed by atoms with Gasteiger partial charge in [0.1, 0.15) is 11.3 Å². The summed E-state index contributed by atoms with van der Waals surface area (Å²) in [6.45, 7) is 4.51. The smallest absolute Gasteiger partial charge is 0.325 e. The van der Waals surface area contributed by atoms with Crippen molar-refractivity contribution < 1.29 is 14.3 Å². The van der Waals surface area contributed by atoms with E-state index < -0.39 is 5.54 Å². The van der Waals surface area contributed by atoms with Gasteiger partial charge in [-0.2, -0.15) is 0 Å². The van der Waals surface area contributed by atoms with E-state index in [-0.39, 0.29) is 11.9 Å². The summed E-state index contributed by atoms with van der Waals surface area (Å²) in [5, 5.41) is 2.71. The highest BCUT2D eigenvalue weighted by Crippen LogP contribution is 2.29. The minimum atomic E-state index is -0.992. The zero-order valence-corrected chi connectivity index (χ0v) is 12.1. The van der Waals surface area contributed by atoms with Crippen LogP contribution in [0.15, 0.2) is 24.3 Å². The van der Waals surface area contributed by atoms with Gasteiger partial charge >= 0.3 is 6.03 Å². The molecular formula is C15H20N2O3. The van der Waals surface area contributed by atoms with Crippen molar-refractivity contribution in [2.24, 2.45) is 0 Å². The second-order valence-corrected chi connectivity index (χ2v) is 5.15. The topological polar surface area (TPSA) is 58.6 Å². The number of benzene rings is 1. The summed E-state index contributed by atoms with van der Waals surface area (Å²) in [6, 6.07) is 6.92. The van der Waals surface area contributed by atoms with Crippen molar-refractivity contribution in [3.63, 3.8) is 0 Å². The molecule has 1 aromatic carbocycles. The maximum absolute atomic E-state index is 12.1. The molecule has 1 aliphatic rings. The Hall–Kier alpha value is -2.04. The lowest BCUT2D eigenvalue weighted by molar-refractivity contribution is -0.130. The first kappa shape index (κ1) is 14.4. The van der Waals surface area contributed by atoms with Crippen molar-refractivity contribution in [1.29, 1.82) is 0 Å². The fourth-order valence-electron chi connectivity index (χ4n) is 2.19. The van der Waals surface area contributed by atoms with Crippen molar-refractivity contribution >= 4 is 11.9 Å². The number of ether oxygens (including phenoxy) is 1. The van der Waals surface area contributed by atoms with Crippen LogP contribution in [0.4, 0.5) is 4.79 Å². The summed E-state index contributed by atoms with van der Waals surface area (Å²) < 4.78 is 5.58. The number of likely N-dealkylation sites (N-methyl/N-ethyl adjacent to an activating group) is 1. The van der Waals surface area contributed by atoms with Crippen LogP contribution in [0.5, 0.6) is 5.75 Å². The molecule has 1 heterocycles. The number of carbonyl (C=O) groups excluding carboxylic acids is 2. The number of hydrogen-bond donors (Lipinski definition) is 1. The summed E-state index contributed by atoms with van der Waals surface area (Å²) in [4.78, 5) is 24.8. The molecule has 0 unspecified atom stereocenters. The Balaban J connectivity index is 2.14. The van der Waals surface area contributed by atoms with E-state index in [2.05, 4.69) is 12.2 Å². The molecule has 0 radical (unpaired) electrons. The lowest BCUT2D eigenvalue weighted by atomic mass is 9.92. The van der Waals surface area contributed by atoms with E-state index in [1.807, 2.05) is 24.3 Å². The molecule has 1 aromatic rings. The first-order chi connectivity index (χ1) is 9.49. The first-order valence-corrected chi connectivity index (χ1v) is 6.82. The largest absolute Gasteiger partial charge is 0.494 e. The van der Waals surface area contributed by atoms with E-state index in [4.69, 9.17) is 4.74 Å². The zero-order valence-electron chi connectivity index (χ0n) is 12.1. The number of hydrogen-bond acceptors (Lipinski definition) is 3. The summed E-state index contributed by atoms with van der Waals surface area (Å²) in [5.41, 5.74) is -0.239. The molecule has 0 saturated carbocycles. The molecule has 108 valence electrons. The van der Waals surface area contributed by atoms with Crippen LogP contribution in [0.3, 0.4) is 0 Å². The van der Waals surface area contributed by atoms with Crippen LogP contribution in [0.25, 0.3) is 0 Å². The molecule has 0 aromatic heterocycles. The van der Waals surface area contributed by atoms with Crippen molar-refractivity contribution in [3.05, 3.63) is 29.8 Å². The van der Waals surface area contributed by atoms with Gasteiger partial charge in [-0.15, -0.1) is 0 Å². The predicted octanol–water partition coefficient (Wildman–Crippen LogP) is 2.26. The second kappa shape index (κ2) is 5.53. The maximum atomic E-state index is 12.1. The molecular weight excluding hydrogens is 256 g/mol. The van der Waals surface area contributed by atoms with Gasteiger partial charge in [0, 0.05) is 7.05 Å². The Morgan fingerprint density at radius 2 is 1.90 bits per heavy atom. The SMILES string of the molecule is CCCCOc1ccc([C@]2(C)NC(=O)N(C)C2=O)cc1. The highest BCUT2D eigenvalue weighted by Gasteiger charge is 2.47. The third kappa shape index (κ3) is 2.48. The number of nitrogens with zero attached hydrogens (tertiary/aromatic N) is 1. The van der Waals surface area contributed by atoms with Gasteiger partial charge in [0.05, 0.1) is 6.61 Å². The molecule has 3 amide bonds. The van der Waals surface area contributed by atoms with Crippen molar-refractivity contribution in [3.8, 4) is 5.75 Å². The Bertz CT molecular complexity index is 512. The number of nitrogens with one attached hydrogen (secondary N) is 1. The van der Waals surface area contributed by atoms with Crippen LogP contribution in [0.2, 0.25) is 0 Å². The van der Waals surface area contributed by atoms with E-state index in [0.29, 0.717) is 6.61 Å². The molecule has 0 spiro atoms. The second-order valence-electron chi connectivity index (χ2n) is 5.15. The van der Waals surface area contributed by atoms with E-state index >= 15 is 0 Å². The van der Waals surface area contributed by atoms with Gasteiger partial charge in [0.15, 0.2) is 0 Å². The summed E-state index contributed by atoms with van der Waals surface area (Å²) in [6.07, 6.45) is 2.10. The molecule has 1 atom stereocenters. The quantitative estimate of drug-likeness (QED) is 0.663. The van der Waals surface area contributed by atoms with Gasteiger partial charge in [-0.1, -0.05) is 25.5 Å². The maximum Gasteiger partial charge on any atom is 0.325 e. The average molecular weight is 276 g/mol. The highest BCUT2D eigenvalue weighted by molar-refractivity contribution is 6.06. The lowest BCUT2D eigenvalue weighted by Gasteiger charge is -2.21. The minimum absolute atomic E-state index is 0.248. The average Bonchev–Trinajstić information content (AvgIpc) is 2.65. The lowest BCUT2D eigenvalue weighted by Crippen LogP contribution is -2.40. The van der Waals surface area contributed by atoms with E-state index in [1.165, 1.54) is 7.05 Å². The molecule has 1 saturated heterocycles. The standard InChI is InChI=1S/C15H20N2O3/c1-4-5-10-20-12-8-6-11(7-9-12)15(2)13(18)17(3)14(19)16-15/h6-9H,4-5,10H2,1-3H3,(H,16,19)/t15-/m0/s1. The van der Waals surface area contributed by atoms with Gasteiger partial charge < -0.3 is 10.1 Å². The normalized spacial score (nSPS) is 22.1. The molecule has 5 nitrogen and oxygen atoms in total. The molecule has 5 heteroatoms. The predicted molar refractivity (Wildman–Crippen MR) is 75.5 cm³/mol. The molecule has 20 heavy (non-hydrogen) atoms. The monoisotopic (exact) mass is 276 g/mol. The Morgan fingerprint density at radius 3 is 2.40 bits per heavy atom. The first-order valence-electron chi connectivity index (χ1n) is 6.82. The van der Waals surface area contributed by atoms with Crippen LogP contribution in [0, 0.1) is 0 Å². The summed E-state index contributed by atoms with van der Waals surface area (Å²) in [5.74, 6) is 0.526. The molecule has 1 aliphatic heterocycles. The molecule has 2 rings (SSSR count). The Labute approximate surface area is 118 Å². The number of unbranched alkanes of at least 4 members (excludes halogenated alkanes) is 1. The van der Waals surface area contributed by atoms with Gasteiger partial charge in [0.2, 0.25) is 0 Å². The Kier molecular flexibility index (Phi) is 3.97. The molecule has 1 N–H and O–H groups in total. The number of amides is 3. The Morgan fingerprint density at radius 1 is 1.25 bits per heavy atom. The minimum Gasteiger partial charge on any atom is -0.494 e. The van der Waals surface area contributed by atoms with Crippen molar-refractivity contribution in [1.82, 2.24) is 10.2 Å². The van der Waals surface area contributed by atoms with E-state index in [1.54, 1.807) is 6.92 Å². The van der Waals surface area contributed by atoms with Gasteiger partial charge in [-0.05, 0) is 31.0 Å². The van der Waals surface area contributed by atoms with Crippen LogP contribution < -0.4 is 10.1 Å². The van der Waals surface area contributed by atoms with Crippen LogP contribution in [-0.4, -0.2) is 30.5 Å². The van der Waals surface area contributed by atoms with E-state index in [9.17, 15) is 9.59 Å².